The molecule has 2 rings (SSSR count). The summed E-state index contributed by atoms with van der Waals surface area (Å²) in [5, 5.41) is 9.20. The van der Waals surface area contributed by atoms with E-state index in [4.69, 9.17) is 0 Å². The van der Waals surface area contributed by atoms with Crippen LogP contribution in [0, 0.1) is 23.2 Å². The maximum atomic E-state index is 11.2. The van der Waals surface area contributed by atoms with Crippen LogP contribution in [0.25, 0.3) is 0 Å². The molecule has 108 valence electrons. The van der Waals surface area contributed by atoms with Crippen LogP contribution in [-0.4, -0.2) is 11.1 Å². The Labute approximate surface area is 117 Å². The molecule has 0 radical (unpaired) electrons. The Hall–Kier alpha value is -0.790. The zero-order chi connectivity index (χ0) is 14.2. The van der Waals surface area contributed by atoms with Gasteiger partial charge in [0.15, 0.2) is 0 Å². The lowest BCUT2D eigenvalue weighted by atomic mass is 9.53. The lowest BCUT2D eigenvalue weighted by molar-refractivity contribution is -0.132. The highest BCUT2D eigenvalue weighted by molar-refractivity contribution is 5.86. The van der Waals surface area contributed by atoms with Crippen LogP contribution in [0.5, 0.6) is 0 Å². The number of carbonyl (C=O) groups is 1. The van der Waals surface area contributed by atoms with Crippen molar-refractivity contribution < 1.29 is 9.90 Å². The van der Waals surface area contributed by atoms with Gasteiger partial charge in [-0.3, -0.25) is 0 Å². The van der Waals surface area contributed by atoms with E-state index >= 15 is 0 Å². The molecule has 1 N–H and O–H groups in total. The van der Waals surface area contributed by atoms with Crippen LogP contribution < -0.4 is 0 Å². The van der Waals surface area contributed by atoms with Gasteiger partial charge in [-0.05, 0) is 62.2 Å². The smallest absolute Gasteiger partial charge is 0.331 e. The summed E-state index contributed by atoms with van der Waals surface area (Å²) < 4.78 is 0. The van der Waals surface area contributed by atoms with Gasteiger partial charge in [-0.25, -0.2) is 4.79 Å². The molecule has 0 aromatic rings. The van der Waals surface area contributed by atoms with Crippen molar-refractivity contribution in [1.82, 2.24) is 0 Å². The lowest BCUT2D eigenvalue weighted by Crippen LogP contribution is -2.43. The lowest BCUT2D eigenvalue weighted by Gasteiger charge is -2.52. The van der Waals surface area contributed by atoms with Gasteiger partial charge in [0.05, 0.1) is 0 Å². The molecule has 0 spiro atoms. The summed E-state index contributed by atoms with van der Waals surface area (Å²) in [4.78, 5) is 11.2. The number of fused-ring (bicyclic) bond motifs is 1. The highest BCUT2D eigenvalue weighted by atomic mass is 16.4. The highest BCUT2D eigenvalue weighted by Gasteiger charge is 2.46. The average molecular weight is 264 g/mol. The van der Waals surface area contributed by atoms with Crippen molar-refractivity contribution in [3.05, 3.63) is 11.1 Å². The summed E-state index contributed by atoms with van der Waals surface area (Å²) in [5.41, 5.74) is 2.17. The van der Waals surface area contributed by atoms with E-state index in [0.717, 1.165) is 24.7 Å². The molecule has 2 aliphatic carbocycles. The molecule has 2 saturated carbocycles. The summed E-state index contributed by atoms with van der Waals surface area (Å²) in [6.07, 6.45) is 7.20. The third-order valence-corrected chi connectivity index (χ3v) is 6.09. The Kier molecular flexibility index (Phi) is 4.08. The quantitative estimate of drug-likeness (QED) is 0.737. The Bertz CT molecular complexity index is 392. The van der Waals surface area contributed by atoms with Gasteiger partial charge in [0.2, 0.25) is 0 Å². The van der Waals surface area contributed by atoms with E-state index < -0.39 is 5.97 Å². The number of hydrogen-bond acceptors (Lipinski definition) is 1. The fourth-order valence-electron chi connectivity index (χ4n) is 4.62. The van der Waals surface area contributed by atoms with E-state index in [9.17, 15) is 9.90 Å². The van der Waals surface area contributed by atoms with Gasteiger partial charge in [0.1, 0.15) is 0 Å². The molecular formula is C17H28O2. The number of carboxylic acid groups (broad SMARTS) is 1. The monoisotopic (exact) mass is 264 g/mol. The first-order valence-corrected chi connectivity index (χ1v) is 7.79. The van der Waals surface area contributed by atoms with Crippen molar-refractivity contribution in [2.24, 2.45) is 23.2 Å². The Morgan fingerprint density at radius 1 is 1.32 bits per heavy atom. The third kappa shape index (κ3) is 2.59. The second-order valence-corrected chi connectivity index (χ2v) is 7.15. The topological polar surface area (TPSA) is 37.3 Å². The van der Waals surface area contributed by atoms with E-state index in [1.54, 1.807) is 6.92 Å². The number of allylic oxidation sites excluding steroid dienone is 1. The molecule has 2 fully saturated rings. The Balaban J connectivity index is 2.24. The minimum absolute atomic E-state index is 0.363. The summed E-state index contributed by atoms with van der Waals surface area (Å²) in [6.45, 7) is 8.91. The van der Waals surface area contributed by atoms with E-state index in [0.29, 0.717) is 16.9 Å². The van der Waals surface area contributed by atoms with Gasteiger partial charge >= 0.3 is 5.97 Å². The molecule has 0 bridgehead atoms. The number of hydrogen-bond donors (Lipinski definition) is 1. The molecular weight excluding hydrogens is 236 g/mol. The number of rotatable bonds is 2. The van der Waals surface area contributed by atoms with E-state index in [2.05, 4.69) is 20.8 Å². The van der Waals surface area contributed by atoms with Crippen molar-refractivity contribution in [2.45, 2.75) is 66.2 Å². The maximum absolute atomic E-state index is 11.2. The Morgan fingerprint density at radius 3 is 2.58 bits per heavy atom. The van der Waals surface area contributed by atoms with Crippen molar-refractivity contribution in [3.63, 3.8) is 0 Å². The van der Waals surface area contributed by atoms with Crippen molar-refractivity contribution in [1.29, 1.82) is 0 Å². The largest absolute Gasteiger partial charge is 0.478 e. The molecule has 2 nitrogen and oxygen atoms in total. The summed E-state index contributed by atoms with van der Waals surface area (Å²) in [5.74, 6) is 1.58. The summed E-state index contributed by atoms with van der Waals surface area (Å²) in [7, 11) is 0. The molecule has 19 heavy (non-hydrogen) atoms. The van der Waals surface area contributed by atoms with Gasteiger partial charge in [-0.2, -0.15) is 0 Å². The summed E-state index contributed by atoms with van der Waals surface area (Å²) >= 11 is 0. The first-order valence-electron chi connectivity index (χ1n) is 7.79. The maximum Gasteiger partial charge on any atom is 0.331 e. The zero-order valence-electron chi connectivity index (χ0n) is 12.8. The van der Waals surface area contributed by atoms with Crippen LogP contribution in [0.4, 0.5) is 0 Å². The predicted molar refractivity (Wildman–Crippen MR) is 78.0 cm³/mol. The first kappa shape index (κ1) is 14.6. The zero-order valence-corrected chi connectivity index (χ0v) is 12.8. The Morgan fingerprint density at radius 2 is 2.00 bits per heavy atom. The molecule has 0 aromatic heterocycles. The predicted octanol–water partition coefficient (Wildman–Crippen LogP) is 4.65. The van der Waals surface area contributed by atoms with Gasteiger partial charge in [-0.1, -0.05) is 32.8 Å². The number of aliphatic carboxylic acids is 1. The average Bonchev–Trinajstić information content (AvgIpc) is 2.37. The molecule has 0 aliphatic heterocycles. The van der Waals surface area contributed by atoms with Crippen LogP contribution in [0.2, 0.25) is 0 Å². The molecule has 0 amide bonds. The second kappa shape index (κ2) is 5.30. The van der Waals surface area contributed by atoms with Crippen LogP contribution in [0.3, 0.4) is 0 Å². The fourth-order valence-corrected chi connectivity index (χ4v) is 4.62. The molecule has 2 aliphatic rings. The molecule has 0 aromatic carbocycles. The van der Waals surface area contributed by atoms with Gasteiger partial charge in [-0.15, -0.1) is 0 Å². The third-order valence-electron chi connectivity index (χ3n) is 6.09. The van der Waals surface area contributed by atoms with Crippen molar-refractivity contribution >= 4 is 5.97 Å². The van der Waals surface area contributed by atoms with E-state index in [-0.39, 0.29) is 0 Å². The highest BCUT2D eigenvalue weighted by Crippen LogP contribution is 2.55. The fraction of sp³-hybridized carbons (Fsp3) is 0.824. The van der Waals surface area contributed by atoms with E-state index in [1.165, 1.54) is 31.3 Å². The normalized spacial score (nSPS) is 36.5. The van der Waals surface area contributed by atoms with Crippen LogP contribution in [0.1, 0.15) is 66.2 Å². The first-order chi connectivity index (χ1) is 8.87. The molecule has 0 heterocycles. The molecule has 2 heteroatoms. The minimum atomic E-state index is -0.728. The molecule has 3 atom stereocenters. The molecule has 0 saturated heterocycles. The van der Waals surface area contributed by atoms with Crippen LogP contribution in [0.15, 0.2) is 11.1 Å². The minimum Gasteiger partial charge on any atom is -0.478 e. The van der Waals surface area contributed by atoms with E-state index in [1.807, 2.05) is 0 Å². The van der Waals surface area contributed by atoms with Crippen molar-refractivity contribution in [3.8, 4) is 0 Å². The number of carboxylic acids is 1. The molecule has 3 unspecified atom stereocenters. The van der Waals surface area contributed by atoms with Gasteiger partial charge < -0.3 is 5.11 Å². The van der Waals surface area contributed by atoms with Gasteiger partial charge in [0, 0.05) is 5.57 Å². The van der Waals surface area contributed by atoms with Crippen molar-refractivity contribution in [2.75, 3.05) is 0 Å². The second-order valence-electron chi connectivity index (χ2n) is 7.15. The van der Waals surface area contributed by atoms with Gasteiger partial charge in [0.25, 0.3) is 0 Å². The van der Waals surface area contributed by atoms with Crippen LogP contribution in [-0.2, 0) is 4.79 Å². The SMILES string of the molecule is CCC1CCC2CC/C(=C(/C)C(=O)O)CC2C1(C)C. The standard InChI is InChI=1S/C17H28O2/c1-5-14-9-8-12-6-7-13(11(2)16(18)19)10-15(12)17(14,3)4/h12,14-15H,5-10H2,1-4H3,(H,18,19)/b13-11+. The van der Waals surface area contributed by atoms with Crippen LogP contribution >= 0.6 is 0 Å². The summed E-state index contributed by atoms with van der Waals surface area (Å²) in [6, 6.07) is 0.